The molecule has 0 aliphatic carbocycles. The molecule has 0 aromatic heterocycles. The second kappa shape index (κ2) is 28.2. The third-order valence-corrected chi connectivity index (χ3v) is 13.6. The highest BCUT2D eigenvalue weighted by atomic mass is 16.5. The van der Waals surface area contributed by atoms with E-state index in [1.807, 2.05) is 0 Å². The summed E-state index contributed by atoms with van der Waals surface area (Å²) in [4.78, 5) is 101. The van der Waals surface area contributed by atoms with Crippen molar-refractivity contribution in [2.45, 2.75) is 165 Å². The molecule has 14 atom stereocenters. The summed E-state index contributed by atoms with van der Waals surface area (Å²) >= 11 is 0. The van der Waals surface area contributed by atoms with Crippen LogP contribution in [0.5, 0.6) is 11.5 Å². The zero-order chi connectivity index (χ0) is 55.1. The number of ether oxygens (including phenoxy) is 2. The fourth-order valence-corrected chi connectivity index (χ4v) is 9.24. The van der Waals surface area contributed by atoms with Gasteiger partial charge in [0.2, 0.25) is 35.4 Å². The molecular formula is C51H75N7O17. The number of unbranched alkanes of at least 4 members (excludes halogenated alkanes) is 5. The van der Waals surface area contributed by atoms with Crippen LogP contribution in [-0.2, 0) is 39.9 Å². The number of carbonyl (C=O) groups excluding carboxylic acids is 7. The molecule has 3 saturated heterocycles. The fraction of sp³-hybridized carbons (Fsp3) is 0.627. The number of benzene rings is 2. The van der Waals surface area contributed by atoms with E-state index in [-0.39, 0.29) is 30.9 Å². The first-order valence-corrected chi connectivity index (χ1v) is 25.6. The van der Waals surface area contributed by atoms with E-state index in [1.165, 1.54) is 74.7 Å². The van der Waals surface area contributed by atoms with E-state index >= 15 is 0 Å². The maximum absolute atomic E-state index is 14.4. The van der Waals surface area contributed by atoms with E-state index in [1.54, 1.807) is 0 Å². The van der Waals surface area contributed by atoms with Gasteiger partial charge in [0.05, 0.1) is 37.1 Å². The van der Waals surface area contributed by atoms with E-state index in [9.17, 15) is 74.4 Å². The average molecular weight is 1060 g/mol. The molecule has 13 N–H and O–H groups in total. The number of aliphatic hydroxyl groups is 7. The van der Waals surface area contributed by atoms with Gasteiger partial charge in [-0.2, -0.15) is 0 Å². The predicted octanol–water partition coefficient (Wildman–Crippen LogP) is -2.57. The minimum Gasteiger partial charge on any atom is -0.508 e. The summed E-state index contributed by atoms with van der Waals surface area (Å²) in [7, 11) is 0. The number of aromatic hydroxyl groups is 1. The molecule has 14 unspecified atom stereocenters. The number of carbonyl (C=O) groups is 7. The normalized spacial score (nSPS) is 28.7. The van der Waals surface area contributed by atoms with Gasteiger partial charge in [-0.1, -0.05) is 58.1 Å². The van der Waals surface area contributed by atoms with E-state index in [4.69, 9.17) is 9.47 Å². The van der Waals surface area contributed by atoms with Crippen LogP contribution in [0.3, 0.4) is 0 Å². The molecule has 24 heteroatoms. The fourth-order valence-electron chi connectivity index (χ4n) is 9.24. The van der Waals surface area contributed by atoms with Gasteiger partial charge in [-0.3, -0.25) is 33.6 Å². The molecule has 2 aromatic carbocycles. The summed E-state index contributed by atoms with van der Waals surface area (Å²) in [5, 5.41) is 99.5. The number of hydrogen-bond donors (Lipinski definition) is 13. The topological polar surface area (TPSA) is 366 Å². The lowest BCUT2D eigenvalue weighted by molar-refractivity contribution is -0.148. The standard InChI is InChI=1S/C51H75N7O17/c1-5-6-7-8-9-10-19-74-20-21-75-34-17-13-31(14-18-34)44(66)52-35-24-38(64)47(69)56-49(71)42-43(65)27(2)25-58(42)51(73)40(29(4)60)54-48(70)41(37(63)22-30-11-15-32(61)16-12-30)55-46(68)36-23-33(62)26-57(36)50(72)39(28(3)59)53-45(35)67/h11-18,27-29,33,35-43,47,59-65,69H,5-10,19-26H2,1-4H3,(H,52,66)(H,53,67)(H,54,70)(H,55,68)(H,56,71). The molecule has 0 spiro atoms. The number of phenolic OH excluding ortho intramolecular Hbond substituents is 1. The number of hydrogen-bond acceptors (Lipinski definition) is 17. The van der Waals surface area contributed by atoms with Gasteiger partial charge in [0, 0.05) is 50.4 Å². The van der Waals surface area contributed by atoms with Gasteiger partial charge < -0.3 is 86.7 Å². The van der Waals surface area contributed by atoms with Crippen LogP contribution in [0.4, 0.5) is 0 Å². The van der Waals surface area contributed by atoms with Crippen LogP contribution in [0.15, 0.2) is 48.5 Å². The van der Waals surface area contributed by atoms with Crippen molar-refractivity contribution >= 4 is 41.4 Å². The highest BCUT2D eigenvalue weighted by molar-refractivity contribution is 6.00. The molecule has 5 rings (SSSR count). The average Bonchev–Trinajstić information content (AvgIpc) is 3.91. The molecule has 24 nitrogen and oxygen atoms in total. The zero-order valence-corrected chi connectivity index (χ0v) is 42.7. The van der Waals surface area contributed by atoms with Crippen molar-refractivity contribution < 1.29 is 83.9 Å². The van der Waals surface area contributed by atoms with Crippen molar-refractivity contribution in [1.29, 1.82) is 0 Å². The van der Waals surface area contributed by atoms with Crippen LogP contribution < -0.4 is 31.3 Å². The second-order valence-corrected chi connectivity index (χ2v) is 19.7. The van der Waals surface area contributed by atoms with Gasteiger partial charge in [0.15, 0.2) is 6.23 Å². The van der Waals surface area contributed by atoms with Crippen molar-refractivity contribution in [1.82, 2.24) is 36.4 Å². The molecule has 0 radical (unpaired) electrons. The lowest BCUT2D eigenvalue weighted by Crippen LogP contribution is -2.64. The molecule has 0 saturated carbocycles. The van der Waals surface area contributed by atoms with Crippen LogP contribution in [0, 0.1) is 5.92 Å². The van der Waals surface area contributed by atoms with E-state index < -0.39 is 146 Å². The van der Waals surface area contributed by atoms with Gasteiger partial charge in [-0.15, -0.1) is 0 Å². The van der Waals surface area contributed by atoms with Gasteiger partial charge in [-0.25, -0.2) is 0 Å². The number of amides is 7. The molecule has 7 amide bonds. The van der Waals surface area contributed by atoms with Crippen molar-refractivity contribution in [2.75, 3.05) is 32.9 Å². The first kappa shape index (κ1) is 59.9. The third-order valence-electron chi connectivity index (χ3n) is 13.6. The Labute approximate surface area is 435 Å². The zero-order valence-electron chi connectivity index (χ0n) is 42.7. The lowest BCUT2D eigenvalue weighted by atomic mass is 9.99. The number of fused-ring (bicyclic) bond motifs is 2. The third kappa shape index (κ3) is 16.5. The summed E-state index contributed by atoms with van der Waals surface area (Å²) in [5.41, 5.74) is 0.359. The Balaban J connectivity index is 1.44. The molecule has 3 fully saturated rings. The predicted molar refractivity (Wildman–Crippen MR) is 266 cm³/mol. The Morgan fingerprint density at radius 3 is 1.93 bits per heavy atom. The van der Waals surface area contributed by atoms with Gasteiger partial charge >= 0.3 is 0 Å². The molecule has 3 aliphatic heterocycles. The summed E-state index contributed by atoms with van der Waals surface area (Å²) in [6.45, 7) is 6.20. The highest BCUT2D eigenvalue weighted by Crippen LogP contribution is 2.27. The number of nitrogens with one attached hydrogen (secondary N) is 5. The summed E-state index contributed by atoms with van der Waals surface area (Å²) in [6.07, 6.45) is -7.52. The Kier molecular flexibility index (Phi) is 22.5. The van der Waals surface area contributed by atoms with Crippen molar-refractivity contribution in [3.05, 3.63) is 59.7 Å². The first-order chi connectivity index (χ1) is 35.6. The quantitative estimate of drug-likeness (QED) is 0.0683. The van der Waals surface area contributed by atoms with Crippen LogP contribution in [0.2, 0.25) is 0 Å². The lowest BCUT2D eigenvalue weighted by Gasteiger charge is -2.33. The second-order valence-electron chi connectivity index (χ2n) is 19.7. The molecular weight excluding hydrogens is 983 g/mol. The molecule has 416 valence electrons. The number of aliphatic hydroxyl groups excluding tert-OH is 7. The van der Waals surface area contributed by atoms with Crippen molar-refractivity contribution in [3.8, 4) is 11.5 Å². The SMILES string of the molecule is CCCCCCCCOCCOc1ccc(C(=O)NC2CC(O)C(O)NC(=O)C3C(O)C(C)CN3C(=O)C(C(C)O)NC(=O)C(C(O)Cc3ccc(O)cc3)NC(=O)C3CC(O)CN3C(=O)C(C(C)O)NC2=O)cc1. The van der Waals surface area contributed by atoms with Crippen molar-refractivity contribution in [3.63, 3.8) is 0 Å². The number of phenols is 1. The molecule has 0 bridgehead atoms. The summed E-state index contributed by atoms with van der Waals surface area (Å²) in [6, 6.07) is 0.150. The first-order valence-electron chi connectivity index (χ1n) is 25.6. The smallest absolute Gasteiger partial charge is 0.251 e. The van der Waals surface area contributed by atoms with E-state index in [2.05, 4.69) is 33.5 Å². The van der Waals surface area contributed by atoms with E-state index in [0.717, 1.165) is 42.9 Å². The minimum absolute atomic E-state index is 0.00713. The Hall–Kier alpha value is -5.99. The van der Waals surface area contributed by atoms with Crippen molar-refractivity contribution in [2.24, 2.45) is 5.92 Å². The van der Waals surface area contributed by atoms with E-state index in [0.29, 0.717) is 24.5 Å². The molecule has 3 aliphatic rings. The van der Waals surface area contributed by atoms with Gasteiger partial charge in [0.25, 0.3) is 5.91 Å². The Morgan fingerprint density at radius 1 is 0.693 bits per heavy atom. The Bertz CT molecular complexity index is 2240. The largest absolute Gasteiger partial charge is 0.508 e. The summed E-state index contributed by atoms with van der Waals surface area (Å²) in [5.74, 6) is -8.45. The van der Waals surface area contributed by atoms with Gasteiger partial charge in [0.1, 0.15) is 60.5 Å². The van der Waals surface area contributed by atoms with Gasteiger partial charge in [-0.05, 0) is 62.2 Å². The summed E-state index contributed by atoms with van der Waals surface area (Å²) < 4.78 is 11.4. The van der Waals surface area contributed by atoms with Crippen LogP contribution >= 0.6 is 0 Å². The highest BCUT2D eigenvalue weighted by Gasteiger charge is 2.50. The monoisotopic (exact) mass is 1060 g/mol. The molecule has 75 heavy (non-hydrogen) atoms. The van der Waals surface area contributed by atoms with Crippen LogP contribution in [-0.4, -0.2) is 204 Å². The Morgan fingerprint density at radius 2 is 1.29 bits per heavy atom. The van der Waals surface area contributed by atoms with Crippen LogP contribution in [0.1, 0.15) is 95.0 Å². The molecule has 2 aromatic rings. The maximum Gasteiger partial charge on any atom is 0.251 e. The number of nitrogens with zero attached hydrogens (tertiary/aromatic N) is 2. The maximum atomic E-state index is 14.4. The minimum atomic E-state index is -2.26. The number of rotatable bonds is 18. The molecule has 3 heterocycles. The van der Waals surface area contributed by atoms with Crippen LogP contribution in [0.25, 0.3) is 0 Å².